The Bertz CT molecular complexity index is 278. The number of nitrogens with zero attached hydrogens (tertiary/aromatic N) is 2. The van der Waals surface area contributed by atoms with Gasteiger partial charge in [0, 0.05) is 31.9 Å². The van der Waals surface area contributed by atoms with Crippen LogP contribution in [0.1, 0.15) is 26.6 Å². The van der Waals surface area contributed by atoms with Gasteiger partial charge in [0.2, 0.25) is 0 Å². The Hall–Kier alpha value is -0.830. The summed E-state index contributed by atoms with van der Waals surface area (Å²) < 4.78 is 2.03. The lowest BCUT2D eigenvalue weighted by molar-refractivity contribution is 0.340. The third-order valence-electron chi connectivity index (χ3n) is 3.07. The first-order valence-electron chi connectivity index (χ1n) is 5.24. The molecule has 0 bridgehead atoms. The fourth-order valence-corrected chi connectivity index (χ4v) is 1.48. The van der Waals surface area contributed by atoms with Crippen molar-refractivity contribution in [2.24, 2.45) is 24.6 Å². The summed E-state index contributed by atoms with van der Waals surface area (Å²) in [7, 11) is 2.01. The molecule has 14 heavy (non-hydrogen) atoms. The Morgan fingerprint density at radius 2 is 2.07 bits per heavy atom. The molecule has 3 heteroatoms. The van der Waals surface area contributed by atoms with E-state index in [0.29, 0.717) is 11.8 Å². The molecule has 2 atom stereocenters. The Labute approximate surface area is 86.3 Å². The van der Waals surface area contributed by atoms with Crippen LogP contribution in [-0.4, -0.2) is 15.6 Å². The lowest BCUT2D eigenvalue weighted by Gasteiger charge is -2.22. The Balaban J connectivity index is 2.57. The summed E-state index contributed by atoms with van der Waals surface area (Å²) in [6.45, 7) is 6.63. The summed E-state index contributed by atoms with van der Waals surface area (Å²) in [6, 6.07) is 0.205. The highest BCUT2D eigenvalue weighted by molar-refractivity contribution is 4.95. The molecule has 1 rings (SSSR count). The molecule has 0 aliphatic carbocycles. The van der Waals surface area contributed by atoms with Crippen molar-refractivity contribution in [1.82, 2.24) is 9.55 Å². The van der Waals surface area contributed by atoms with Crippen LogP contribution in [0.3, 0.4) is 0 Å². The highest BCUT2D eigenvalue weighted by Gasteiger charge is 2.17. The molecule has 0 aliphatic heterocycles. The van der Waals surface area contributed by atoms with E-state index in [1.807, 2.05) is 24.0 Å². The molecule has 0 aliphatic rings. The van der Waals surface area contributed by atoms with E-state index in [4.69, 9.17) is 5.73 Å². The van der Waals surface area contributed by atoms with E-state index >= 15 is 0 Å². The zero-order chi connectivity index (χ0) is 10.7. The van der Waals surface area contributed by atoms with Gasteiger partial charge in [-0.2, -0.15) is 0 Å². The lowest BCUT2D eigenvalue weighted by Crippen LogP contribution is -2.34. The summed E-state index contributed by atoms with van der Waals surface area (Å²) in [4.78, 5) is 4.28. The maximum absolute atomic E-state index is 6.12. The van der Waals surface area contributed by atoms with Crippen LogP contribution in [0.25, 0.3) is 0 Å². The minimum Gasteiger partial charge on any atom is -0.338 e. The van der Waals surface area contributed by atoms with Crippen LogP contribution in [0.4, 0.5) is 0 Å². The molecule has 0 saturated carbocycles. The molecular weight excluding hydrogens is 174 g/mol. The fraction of sp³-hybridized carbons (Fsp3) is 0.727. The lowest BCUT2D eigenvalue weighted by atomic mass is 9.89. The molecule has 80 valence electrons. The summed E-state index contributed by atoms with van der Waals surface area (Å²) in [5.74, 6) is 2.24. The Morgan fingerprint density at radius 3 is 2.50 bits per heavy atom. The second kappa shape index (κ2) is 4.60. The SMILES string of the molecule is CC(C)C(C)C(N)Cc1nccn1C. The predicted octanol–water partition coefficient (Wildman–Crippen LogP) is 1.58. The summed E-state index contributed by atoms with van der Waals surface area (Å²) in [6.07, 6.45) is 4.65. The number of nitrogens with two attached hydrogens (primary N) is 1. The third kappa shape index (κ3) is 2.58. The van der Waals surface area contributed by atoms with E-state index in [1.165, 1.54) is 0 Å². The number of hydrogen-bond acceptors (Lipinski definition) is 2. The van der Waals surface area contributed by atoms with Crippen molar-refractivity contribution in [3.8, 4) is 0 Å². The Kier molecular flexibility index (Phi) is 3.69. The average Bonchev–Trinajstić information content (AvgIpc) is 2.50. The van der Waals surface area contributed by atoms with Gasteiger partial charge in [0.15, 0.2) is 0 Å². The van der Waals surface area contributed by atoms with E-state index < -0.39 is 0 Å². The van der Waals surface area contributed by atoms with E-state index in [0.717, 1.165) is 12.2 Å². The van der Waals surface area contributed by atoms with Crippen LogP contribution in [0.15, 0.2) is 12.4 Å². The molecule has 2 unspecified atom stereocenters. The zero-order valence-electron chi connectivity index (χ0n) is 9.57. The van der Waals surface area contributed by atoms with Crippen molar-refractivity contribution in [3.63, 3.8) is 0 Å². The summed E-state index contributed by atoms with van der Waals surface area (Å²) in [5, 5.41) is 0. The van der Waals surface area contributed by atoms with Gasteiger partial charge in [0.05, 0.1) is 0 Å². The van der Waals surface area contributed by atoms with Crippen molar-refractivity contribution in [1.29, 1.82) is 0 Å². The maximum Gasteiger partial charge on any atom is 0.109 e. The van der Waals surface area contributed by atoms with Gasteiger partial charge >= 0.3 is 0 Å². The van der Waals surface area contributed by atoms with Crippen LogP contribution in [-0.2, 0) is 13.5 Å². The molecule has 0 fully saturated rings. The van der Waals surface area contributed by atoms with Gasteiger partial charge in [-0.25, -0.2) is 4.98 Å². The molecule has 0 radical (unpaired) electrons. The van der Waals surface area contributed by atoms with Crippen LogP contribution >= 0.6 is 0 Å². The van der Waals surface area contributed by atoms with Gasteiger partial charge in [-0.3, -0.25) is 0 Å². The van der Waals surface area contributed by atoms with Crippen molar-refractivity contribution in [3.05, 3.63) is 18.2 Å². The van der Waals surface area contributed by atoms with Gasteiger partial charge in [0.25, 0.3) is 0 Å². The van der Waals surface area contributed by atoms with E-state index in [9.17, 15) is 0 Å². The van der Waals surface area contributed by atoms with Crippen molar-refractivity contribution >= 4 is 0 Å². The molecule has 2 N–H and O–H groups in total. The fourth-order valence-electron chi connectivity index (χ4n) is 1.48. The van der Waals surface area contributed by atoms with Gasteiger partial charge in [-0.1, -0.05) is 20.8 Å². The van der Waals surface area contributed by atoms with Gasteiger partial charge < -0.3 is 10.3 Å². The normalized spacial score (nSPS) is 15.9. The summed E-state index contributed by atoms with van der Waals surface area (Å²) in [5.41, 5.74) is 6.12. The van der Waals surface area contributed by atoms with Crippen LogP contribution < -0.4 is 5.73 Å². The second-order valence-electron chi connectivity index (χ2n) is 4.43. The molecule has 0 saturated heterocycles. The number of aryl methyl sites for hydroxylation is 1. The van der Waals surface area contributed by atoms with Gasteiger partial charge in [-0.15, -0.1) is 0 Å². The smallest absolute Gasteiger partial charge is 0.109 e. The Morgan fingerprint density at radius 1 is 1.43 bits per heavy atom. The molecule has 1 aromatic heterocycles. The van der Waals surface area contributed by atoms with Crippen molar-refractivity contribution in [2.75, 3.05) is 0 Å². The number of aromatic nitrogens is 2. The molecule has 0 amide bonds. The largest absolute Gasteiger partial charge is 0.338 e. The zero-order valence-corrected chi connectivity index (χ0v) is 9.57. The van der Waals surface area contributed by atoms with Crippen LogP contribution in [0, 0.1) is 11.8 Å². The molecular formula is C11H21N3. The first-order valence-corrected chi connectivity index (χ1v) is 5.24. The van der Waals surface area contributed by atoms with Crippen LogP contribution in [0.5, 0.6) is 0 Å². The minimum atomic E-state index is 0.205. The highest BCUT2D eigenvalue weighted by Crippen LogP contribution is 2.15. The predicted molar refractivity (Wildman–Crippen MR) is 58.9 cm³/mol. The standard InChI is InChI=1S/C11H21N3/c1-8(2)9(3)10(12)7-11-13-5-6-14(11)4/h5-6,8-10H,7,12H2,1-4H3. The molecule has 1 heterocycles. The number of hydrogen-bond donors (Lipinski definition) is 1. The second-order valence-corrected chi connectivity index (χ2v) is 4.43. The van der Waals surface area contributed by atoms with Gasteiger partial charge in [0.1, 0.15) is 5.82 Å². The van der Waals surface area contributed by atoms with Crippen molar-refractivity contribution < 1.29 is 0 Å². The minimum absolute atomic E-state index is 0.205. The van der Waals surface area contributed by atoms with E-state index in [2.05, 4.69) is 25.8 Å². The topological polar surface area (TPSA) is 43.8 Å². The summed E-state index contributed by atoms with van der Waals surface area (Å²) >= 11 is 0. The number of imidazole rings is 1. The molecule has 1 aromatic rings. The molecule has 0 aromatic carbocycles. The monoisotopic (exact) mass is 195 g/mol. The number of rotatable bonds is 4. The highest BCUT2D eigenvalue weighted by atomic mass is 15.0. The molecule has 0 spiro atoms. The average molecular weight is 195 g/mol. The third-order valence-corrected chi connectivity index (χ3v) is 3.07. The van der Waals surface area contributed by atoms with Gasteiger partial charge in [-0.05, 0) is 11.8 Å². The maximum atomic E-state index is 6.12. The first-order chi connectivity index (χ1) is 6.52. The molecule has 3 nitrogen and oxygen atoms in total. The first kappa shape index (κ1) is 11.2. The van der Waals surface area contributed by atoms with Crippen LogP contribution in [0.2, 0.25) is 0 Å². The van der Waals surface area contributed by atoms with Crippen molar-refractivity contribution in [2.45, 2.75) is 33.2 Å². The van der Waals surface area contributed by atoms with E-state index in [-0.39, 0.29) is 6.04 Å². The quantitative estimate of drug-likeness (QED) is 0.792. The van der Waals surface area contributed by atoms with E-state index in [1.54, 1.807) is 0 Å².